The molecule has 0 fully saturated rings. The Labute approximate surface area is 101 Å². The van der Waals surface area contributed by atoms with Crippen molar-refractivity contribution in [1.82, 2.24) is 5.32 Å². The maximum absolute atomic E-state index is 13.5. The standard InChI is InChI=1S/C13H19FN2O/c1-8(2)15-13(17)10(4)16-12-7-9(3)5-6-11(12)14/h5-8,10,16H,1-4H3,(H,15,17). The van der Waals surface area contributed by atoms with Crippen molar-refractivity contribution >= 4 is 11.6 Å². The number of nitrogens with one attached hydrogen (secondary N) is 2. The first-order chi connectivity index (χ1) is 7.90. The van der Waals surface area contributed by atoms with Gasteiger partial charge in [-0.2, -0.15) is 0 Å². The zero-order chi connectivity index (χ0) is 13.0. The number of aryl methyl sites for hydroxylation is 1. The highest BCUT2D eigenvalue weighted by Crippen LogP contribution is 2.16. The number of anilines is 1. The molecular formula is C13H19FN2O. The lowest BCUT2D eigenvalue weighted by Gasteiger charge is -2.17. The second-order valence-electron chi connectivity index (χ2n) is 4.51. The third-order valence-corrected chi connectivity index (χ3v) is 2.32. The molecule has 0 aliphatic rings. The number of amides is 1. The van der Waals surface area contributed by atoms with Crippen molar-refractivity contribution < 1.29 is 9.18 Å². The highest BCUT2D eigenvalue weighted by Gasteiger charge is 2.14. The second kappa shape index (κ2) is 5.66. The Hall–Kier alpha value is -1.58. The summed E-state index contributed by atoms with van der Waals surface area (Å²) in [5.74, 6) is -0.485. The lowest BCUT2D eigenvalue weighted by Crippen LogP contribution is -2.41. The van der Waals surface area contributed by atoms with Crippen molar-refractivity contribution in [1.29, 1.82) is 0 Å². The van der Waals surface area contributed by atoms with Gasteiger partial charge in [-0.25, -0.2) is 4.39 Å². The molecule has 1 rings (SSSR count). The normalized spacial score (nSPS) is 12.4. The Morgan fingerprint density at radius 1 is 1.29 bits per heavy atom. The predicted octanol–water partition coefficient (Wildman–Crippen LogP) is 2.46. The van der Waals surface area contributed by atoms with Crippen molar-refractivity contribution in [3.8, 4) is 0 Å². The molecule has 17 heavy (non-hydrogen) atoms. The maximum atomic E-state index is 13.5. The van der Waals surface area contributed by atoms with E-state index in [0.29, 0.717) is 5.69 Å². The van der Waals surface area contributed by atoms with Gasteiger partial charge in [0.25, 0.3) is 0 Å². The summed E-state index contributed by atoms with van der Waals surface area (Å²) in [6.45, 7) is 7.36. The van der Waals surface area contributed by atoms with Gasteiger partial charge in [-0.15, -0.1) is 0 Å². The van der Waals surface area contributed by atoms with Crippen molar-refractivity contribution in [3.63, 3.8) is 0 Å². The fraction of sp³-hybridized carbons (Fsp3) is 0.462. The summed E-state index contributed by atoms with van der Waals surface area (Å²) in [6.07, 6.45) is 0. The van der Waals surface area contributed by atoms with Crippen LogP contribution in [0.1, 0.15) is 26.3 Å². The van der Waals surface area contributed by atoms with E-state index in [4.69, 9.17) is 0 Å². The van der Waals surface area contributed by atoms with Crippen LogP contribution in [0.25, 0.3) is 0 Å². The summed E-state index contributed by atoms with van der Waals surface area (Å²) in [6, 6.07) is 4.39. The van der Waals surface area contributed by atoms with Crippen molar-refractivity contribution in [2.24, 2.45) is 0 Å². The molecule has 0 heterocycles. The van der Waals surface area contributed by atoms with E-state index in [1.165, 1.54) is 6.07 Å². The van der Waals surface area contributed by atoms with Crippen molar-refractivity contribution in [3.05, 3.63) is 29.6 Å². The van der Waals surface area contributed by atoms with Gasteiger partial charge in [0.2, 0.25) is 5.91 Å². The molecular weight excluding hydrogens is 219 g/mol. The minimum absolute atomic E-state index is 0.0779. The average molecular weight is 238 g/mol. The summed E-state index contributed by atoms with van der Waals surface area (Å²) < 4.78 is 13.5. The largest absolute Gasteiger partial charge is 0.372 e. The van der Waals surface area contributed by atoms with Gasteiger partial charge in [-0.1, -0.05) is 6.07 Å². The van der Waals surface area contributed by atoms with Gasteiger partial charge < -0.3 is 10.6 Å². The van der Waals surface area contributed by atoms with E-state index in [-0.39, 0.29) is 17.8 Å². The summed E-state index contributed by atoms with van der Waals surface area (Å²) in [7, 11) is 0. The molecule has 0 aromatic heterocycles. The lowest BCUT2D eigenvalue weighted by atomic mass is 10.2. The fourth-order valence-electron chi connectivity index (χ4n) is 1.46. The summed E-state index contributed by atoms with van der Waals surface area (Å²) in [4.78, 5) is 11.7. The Kier molecular flexibility index (Phi) is 4.49. The van der Waals surface area contributed by atoms with Crippen LogP contribution in [-0.2, 0) is 4.79 Å². The molecule has 1 amide bonds. The summed E-state index contributed by atoms with van der Waals surface area (Å²) in [5, 5.41) is 5.64. The number of halogens is 1. The Bertz CT molecular complexity index is 404. The molecule has 1 aromatic rings. The SMILES string of the molecule is Cc1ccc(F)c(NC(C)C(=O)NC(C)C)c1. The zero-order valence-corrected chi connectivity index (χ0v) is 10.7. The number of hydrogen-bond acceptors (Lipinski definition) is 2. The first-order valence-corrected chi connectivity index (χ1v) is 5.73. The van der Waals surface area contributed by atoms with Crippen LogP contribution in [0.5, 0.6) is 0 Å². The first-order valence-electron chi connectivity index (χ1n) is 5.73. The smallest absolute Gasteiger partial charge is 0.242 e. The molecule has 4 heteroatoms. The molecule has 2 N–H and O–H groups in total. The molecule has 0 radical (unpaired) electrons. The molecule has 0 aliphatic heterocycles. The second-order valence-corrected chi connectivity index (χ2v) is 4.51. The van der Waals surface area contributed by atoms with E-state index in [9.17, 15) is 9.18 Å². The molecule has 0 bridgehead atoms. The van der Waals surface area contributed by atoms with E-state index in [1.807, 2.05) is 20.8 Å². The van der Waals surface area contributed by atoms with Crippen molar-refractivity contribution in [2.75, 3.05) is 5.32 Å². The minimum Gasteiger partial charge on any atom is -0.372 e. The maximum Gasteiger partial charge on any atom is 0.242 e. The van der Waals surface area contributed by atoms with Crippen molar-refractivity contribution in [2.45, 2.75) is 39.8 Å². The Balaban J connectivity index is 2.70. The van der Waals surface area contributed by atoms with Crippen LogP contribution >= 0.6 is 0 Å². The molecule has 1 unspecified atom stereocenters. The Morgan fingerprint density at radius 3 is 2.53 bits per heavy atom. The van der Waals surface area contributed by atoms with Crippen LogP contribution in [-0.4, -0.2) is 18.0 Å². The molecule has 1 atom stereocenters. The molecule has 94 valence electrons. The highest BCUT2D eigenvalue weighted by molar-refractivity contribution is 5.84. The van der Waals surface area contributed by atoms with Gasteiger partial charge >= 0.3 is 0 Å². The predicted molar refractivity (Wildman–Crippen MR) is 67.5 cm³/mol. The van der Waals surface area contributed by atoms with Crippen LogP contribution in [0.3, 0.4) is 0 Å². The molecule has 1 aromatic carbocycles. The van der Waals surface area contributed by atoms with Crippen LogP contribution in [0, 0.1) is 12.7 Å². The minimum atomic E-state index is -0.464. The Morgan fingerprint density at radius 2 is 1.94 bits per heavy atom. The molecule has 0 aliphatic carbocycles. The first kappa shape index (κ1) is 13.5. The lowest BCUT2D eigenvalue weighted by molar-refractivity contribution is -0.122. The number of carbonyl (C=O) groups is 1. The van der Waals surface area contributed by atoms with E-state index in [1.54, 1.807) is 19.1 Å². The van der Waals surface area contributed by atoms with Crippen LogP contribution in [0.2, 0.25) is 0 Å². The van der Waals surface area contributed by atoms with E-state index >= 15 is 0 Å². The summed E-state index contributed by atoms with van der Waals surface area (Å²) >= 11 is 0. The van der Waals surface area contributed by atoms with Gasteiger partial charge in [-0.3, -0.25) is 4.79 Å². The topological polar surface area (TPSA) is 41.1 Å². The van der Waals surface area contributed by atoms with E-state index in [0.717, 1.165) is 5.56 Å². The van der Waals surface area contributed by atoms with E-state index < -0.39 is 6.04 Å². The van der Waals surface area contributed by atoms with Gasteiger partial charge in [-0.05, 0) is 45.4 Å². The van der Waals surface area contributed by atoms with Gasteiger partial charge in [0.15, 0.2) is 0 Å². The highest BCUT2D eigenvalue weighted by atomic mass is 19.1. The van der Waals surface area contributed by atoms with E-state index in [2.05, 4.69) is 10.6 Å². The third-order valence-electron chi connectivity index (χ3n) is 2.32. The van der Waals surface area contributed by atoms with Gasteiger partial charge in [0, 0.05) is 6.04 Å². The van der Waals surface area contributed by atoms with Gasteiger partial charge in [0.1, 0.15) is 11.9 Å². The van der Waals surface area contributed by atoms with Crippen LogP contribution in [0.4, 0.5) is 10.1 Å². The van der Waals surface area contributed by atoms with Crippen LogP contribution < -0.4 is 10.6 Å². The van der Waals surface area contributed by atoms with Gasteiger partial charge in [0.05, 0.1) is 5.69 Å². The monoisotopic (exact) mass is 238 g/mol. The third kappa shape index (κ3) is 4.06. The molecule has 0 saturated carbocycles. The van der Waals surface area contributed by atoms with Crippen LogP contribution in [0.15, 0.2) is 18.2 Å². The molecule has 0 spiro atoms. The number of hydrogen-bond donors (Lipinski definition) is 2. The average Bonchev–Trinajstić information content (AvgIpc) is 2.22. The quantitative estimate of drug-likeness (QED) is 0.846. The number of benzene rings is 1. The summed E-state index contributed by atoms with van der Waals surface area (Å²) in [5.41, 5.74) is 1.31. The fourth-order valence-corrected chi connectivity index (χ4v) is 1.46. The number of carbonyl (C=O) groups excluding carboxylic acids is 1. The number of rotatable bonds is 4. The zero-order valence-electron chi connectivity index (χ0n) is 10.7. The molecule has 3 nitrogen and oxygen atoms in total. The molecule has 0 saturated heterocycles.